The molecule has 1 heterocycles. The largest absolute Gasteiger partial charge is 0.480 e. The molecular weight excluding hydrogens is 268 g/mol. The zero-order chi connectivity index (χ0) is 15.0. The van der Waals surface area contributed by atoms with Crippen LogP contribution in [0.5, 0.6) is 0 Å². The molecule has 1 aliphatic heterocycles. The zero-order valence-electron chi connectivity index (χ0n) is 12.8. The van der Waals surface area contributed by atoms with E-state index in [4.69, 9.17) is 0 Å². The molecular formula is C16H26N2O3. The summed E-state index contributed by atoms with van der Waals surface area (Å²) in [6.45, 7) is 4.31. The van der Waals surface area contributed by atoms with Crippen LogP contribution in [0.1, 0.15) is 45.4 Å². The molecule has 2 atom stereocenters. The molecule has 0 radical (unpaired) electrons. The lowest BCUT2D eigenvalue weighted by Gasteiger charge is -2.39. The highest BCUT2D eigenvalue weighted by Gasteiger charge is 2.39. The average molecular weight is 294 g/mol. The topological polar surface area (TPSA) is 60.9 Å². The quantitative estimate of drug-likeness (QED) is 0.847. The molecule has 0 aromatic carbocycles. The van der Waals surface area contributed by atoms with Crippen LogP contribution in [0.25, 0.3) is 0 Å². The highest BCUT2D eigenvalue weighted by Crippen LogP contribution is 2.35. The van der Waals surface area contributed by atoms with Crippen LogP contribution >= 0.6 is 0 Å². The van der Waals surface area contributed by atoms with Crippen molar-refractivity contribution in [3.63, 3.8) is 0 Å². The molecule has 1 N–H and O–H groups in total. The molecule has 118 valence electrons. The minimum absolute atomic E-state index is 0.0342. The molecule has 0 aromatic rings. The molecule has 2 amide bonds. The highest BCUT2D eigenvalue weighted by molar-refractivity contribution is 5.83. The van der Waals surface area contributed by atoms with Gasteiger partial charge in [-0.05, 0) is 56.3 Å². The molecule has 5 nitrogen and oxygen atoms in total. The fraction of sp³-hybridized carbons (Fsp3) is 0.875. The Morgan fingerprint density at radius 3 is 2.14 bits per heavy atom. The molecule has 1 saturated heterocycles. The average Bonchev–Trinajstić information content (AvgIpc) is 3.32. The van der Waals surface area contributed by atoms with Gasteiger partial charge >= 0.3 is 12.0 Å². The molecule has 0 aromatic heterocycles. The number of carbonyl (C=O) groups is 2. The summed E-state index contributed by atoms with van der Waals surface area (Å²) in [7, 11) is 0. The Balaban J connectivity index is 1.68. The predicted octanol–water partition coefficient (Wildman–Crippen LogP) is 2.41. The number of piperidine rings is 1. The first kappa shape index (κ1) is 14.7. The van der Waals surface area contributed by atoms with Crippen molar-refractivity contribution in [3.8, 4) is 0 Å². The summed E-state index contributed by atoms with van der Waals surface area (Å²) >= 11 is 0. The van der Waals surface area contributed by atoms with Gasteiger partial charge in [-0.2, -0.15) is 0 Å². The number of amides is 2. The molecule has 5 heteroatoms. The summed E-state index contributed by atoms with van der Waals surface area (Å²) in [5.74, 6) is 0.836. The van der Waals surface area contributed by atoms with Gasteiger partial charge in [-0.25, -0.2) is 9.59 Å². The Morgan fingerprint density at radius 1 is 1.10 bits per heavy atom. The van der Waals surface area contributed by atoms with E-state index >= 15 is 0 Å². The third-order valence-corrected chi connectivity index (χ3v) is 5.02. The highest BCUT2D eigenvalue weighted by atomic mass is 16.4. The van der Waals surface area contributed by atoms with Crippen molar-refractivity contribution in [2.24, 2.45) is 17.8 Å². The van der Waals surface area contributed by atoms with Crippen molar-refractivity contribution in [1.29, 1.82) is 0 Å². The molecule has 0 spiro atoms. The van der Waals surface area contributed by atoms with E-state index in [1.165, 1.54) is 25.7 Å². The van der Waals surface area contributed by atoms with Gasteiger partial charge in [0.25, 0.3) is 0 Å². The Kier molecular flexibility index (Phi) is 4.09. The van der Waals surface area contributed by atoms with Crippen molar-refractivity contribution in [2.45, 2.75) is 51.5 Å². The maximum absolute atomic E-state index is 12.8. The van der Waals surface area contributed by atoms with E-state index in [9.17, 15) is 14.7 Å². The standard InChI is InChI=1S/C16H26N2O3/c1-11-6-7-18(14(8-11)15(19)20)16(21)17(9-12-2-3-12)10-13-4-5-13/h11-14H,2-10H2,1H3,(H,19,20). The number of carboxylic acid groups (broad SMARTS) is 1. The smallest absolute Gasteiger partial charge is 0.326 e. The Morgan fingerprint density at radius 2 is 1.67 bits per heavy atom. The van der Waals surface area contributed by atoms with Crippen molar-refractivity contribution in [3.05, 3.63) is 0 Å². The summed E-state index contributed by atoms with van der Waals surface area (Å²) in [4.78, 5) is 27.9. The summed E-state index contributed by atoms with van der Waals surface area (Å²) < 4.78 is 0. The molecule has 3 rings (SSSR count). The van der Waals surface area contributed by atoms with E-state index in [0.29, 0.717) is 30.7 Å². The number of nitrogens with zero attached hydrogens (tertiary/aromatic N) is 2. The number of aliphatic carboxylic acids is 1. The number of rotatable bonds is 5. The van der Waals surface area contributed by atoms with Gasteiger partial charge in [-0.15, -0.1) is 0 Å². The van der Waals surface area contributed by atoms with Gasteiger partial charge in [0.2, 0.25) is 0 Å². The number of carboxylic acids is 1. The second kappa shape index (κ2) is 5.85. The molecule has 3 fully saturated rings. The number of likely N-dealkylation sites (tertiary alicyclic amines) is 1. The van der Waals surface area contributed by atoms with Crippen molar-refractivity contribution in [1.82, 2.24) is 9.80 Å². The first-order valence-corrected chi connectivity index (χ1v) is 8.33. The van der Waals surface area contributed by atoms with Crippen LogP contribution < -0.4 is 0 Å². The summed E-state index contributed by atoms with van der Waals surface area (Å²) in [6, 6.07) is -0.671. The molecule has 2 saturated carbocycles. The number of hydrogen-bond donors (Lipinski definition) is 1. The van der Waals surface area contributed by atoms with E-state index in [1.807, 2.05) is 4.90 Å². The molecule has 21 heavy (non-hydrogen) atoms. The maximum atomic E-state index is 12.8. The second-order valence-electron chi connectivity index (χ2n) is 7.25. The van der Waals surface area contributed by atoms with Gasteiger partial charge in [-0.3, -0.25) is 0 Å². The molecule has 3 aliphatic rings. The van der Waals surface area contributed by atoms with Crippen LogP contribution in [0.2, 0.25) is 0 Å². The van der Waals surface area contributed by atoms with E-state index in [0.717, 1.165) is 19.5 Å². The van der Waals surface area contributed by atoms with Gasteiger partial charge in [0.1, 0.15) is 6.04 Å². The fourth-order valence-corrected chi connectivity index (χ4v) is 3.24. The Hall–Kier alpha value is -1.26. The van der Waals surface area contributed by atoms with E-state index < -0.39 is 12.0 Å². The molecule has 2 unspecified atom stereocenters. The molecule has 2 aliphatic carbocycles. The van der Waals surface area contributed by atoms with Crippen LogP contribution in [0.4, 0.5) is 4.79 Å². The third kappa shape index (κ3) is 3.69. The van der Waals surface area contributed by atoms with Crippen LogP contribution in [-0.2, 0) is 4.79 Å². The van der Waals surface area contributed by atoms with Crippen LogP contribution in [0.3, 0.4) is 0 Å². The van der Waals surface area contributed by atoms with Gasteiger partial charge in [0.15, 0.2) is 0 Å². The summed E-state index contributed by atoms with van der Waals surface area (Å²) in [5.41, 5.74) is 0. The zero-order valence-corrected chi connectivity index (χ0v) is 12.8. The normalized spacial score (nSPS) is 29.3. The lowest BCUT2D eigenvalue weighted by Crippen LogP contribution is -2.55. The van der Waals surface area contributed by atoms with Gasteiger partial charge < -0.3 is 14.9 Å². The second-order valence-corrected chi connectivity index (χ2v) is 7.25. The van der Waals surface area contributed by atoms with Crippen molar-refractivity contribution in [2.75, 3.05) is 19.6 Å². The summed E-state index contributed by atoms with van der Waals surface area (Å²) in [6.07, 6.45) is 6.36. The van der Waals surface area contributed by atoms with Crippen LogP contribution in [0.15, 0.2) is 0 Å². The maximum Gasteiger partial charge on any atom is 0.326 e. The monoisotopic (exact) mass is 294 g/mol. The van der Waals surface area contributed by atoms with Gasteiger partial charge in [-0.1, -0.05) is 6.92 Å². The van der Waals surface area contributed by atoms with Crippen molar-refractivity contribution < 1.29 is 14.7 Å². The number of carbonyl (C=O) groups excluding carboxylic acids is 1. The summed E-state index contributed by atoms with van der Waals surface area (Å²) in [5, 5.41) is 9.43. The van der Waals surface area contributed by atoms with E-state index in [2.05, 4.69) is 6.92 Å². The minimum atomic E-state index is -0.854. The lowest BCUT2D eigenvalue weighted by molar-refractivity contribution is -0.144. The van der Waals surface area contributed by atoms with Gasteiger partial charge in [0.05, 0.1) is 0 Å². The first-order chi connectivity index (χ1) is 10.0. The van der Waals surface area contributed by atoms with Gasteiger partial charge in [0, 0.05) is 19.6 Å². The van der Waals surface area contributed by atoms with Crippen LogP contribution in [0, 0.1) is 17.8 Å². The number of hydrogen-bond acceptors (Lipinski definition) is 2. The number of urea groups is 1. The Labute approximate surface area is 126 Å². The Bertz CT molecular complexity index is 404. The predicted molar refractivity (Wildman–Crippen MR) is 78.9 cm³/mol. The van der Waals surface area contributed by atoms with E-state index in [1.54, 1.807) is 4.90 Å². The minimum Gasteiger partial charge on any atom is -0.480 e. The van der Waals surface area contributed by atoms with Crippen molar-refractivity contribution >= 4 is 12.0 Å². The third-order valence-electron chi connectivity index (χ3n) is 5.02. The van der Waals surface area contributed by atoms with E-state index in [-0.39, 0.29) is 6.03 Å². The molecule has 0 bridgehead atoms. The lowest BCUT2D eigenvalue weighted by atomic mass is 9.92. The first-order valence-electron chi connectivity index (χ1n) is 8.33. The fourth-order valence-electron chi connectivity index (χ4n) is 3.24. The SMILES string of the molecule is CC1CCN(C(=O)N(CC2CC2)CC2CC2)C(C(=O)O)C1. The van der Waals surface area contributed by atoms with Crippen LogP contribution in [-0.4, -0.2) is 52.6 Å².